The van der Waals surface area contributed by atoms with E-state index < -0.39 is 11.6 Å². The van der Waals surface area contributed by atoms with Gasteiger partial charge in [-0.05, 0) is 18.1 Å². The Kier molecular flexibility index (Phi) is 4.06. The summed E-state index contributed by atoms with van der Waals surface area (Å²) in [5.74, 6) is 0.442. The molecule has 0 saturated heterocycles. The van der Waals surface area contributed by atoms with E-state index in [0.29, 0.717) is 29.4 Å². The first kappa shape index (κ1) is 14.5. The highest BCUT2D eigenvalue weighted by molar-refractivity contribution is 5.71. The Morgan fingerprint density at radius 1 is 1.20 bits per heavy atom. The van der Waals surface area contributed by atoms with E-state index in [1.807, 2.05) is 11.5 Å². The van der Waals surface area contributed by atoms with Gasteiger partial charge in [0.05, 0.1) is 0 Å². The number of aromatic nitrogens is 2. The Bertz CT molecular complexity index is 598. The fraction of sp³-hybridized carbons (Fsp3) is 0.400. The van der Waals surface area contributed by atoms with Crippen LogP contribution in [0.1, 0.15) is 26.6 Å². The first-order valence-corrected chi connectivity index (χ1v) is 6.73. The molecule has 0 unspecified atom stereocenters. The van der Waals surface area contributed by atoms with E-state index >= 15 is 0 Å². The maximum Gasteiger partial charge on any atom is 0.131 e. The molecule has 0 saturated carbocycles. The van der Waals surface area contributed by atoms with Gasteiger partial charge in [0.15, 0.2) is 0 Å². The molecule has 0 aliphatic rings. The number of benzene rings is 1. The van der Waals surface area contributed by atoms with Crippen molar-refractivity contribution >= 4 is 5.82 Å². The summed E-state index contributed by atoms with van der Waals surface area (Å²) >= 11 is 0. The zero-order valence-corrected chi connectivity index (χ0v) is 12.0. The molecule has 2 rings (SSSR count). The molecule has 2 aromatic rings. The number of hydrogen-bond donors (Lipinski definition) is 1. The summed E-state index contributed by atoms with van der Waals surface area (Å²) in [6.45, 7) is 6.88. The van der Waals surface area contributed by atoms with Crippen LogP contribution < -0.4 is 5.73 Å². The SMILES string of the molecule is CCc1nc(-c2cc(F)cc(F)c2)c(N)n1CC(C)C. The van der Waals surface area contributed by atoms with Crippen molar-refractivity contribution in [2.24, 2.45) is 5.92 Å². The number of hydrogen-bond acceptors (Lipinski definition) is 2. The maximum absolute atomic E-state index is 13.3. The van der Waals surface area contributed by atoms with Crippen LogP contribution in [0.4, 0.5) is 14.6 Å². The highest BCUT2D eigenvalue weighted by Gasteiger charge is 2.17. The summed E-state index contributed by atoms with van der Waals surface area (Å²) in [7, 11) is 0. The first-order chi connectivity index (χ1) is 9.42. The molecular formula is C15H19F2N3. The third-order valence-corrected chi connectivity index (χ3v) is 3.09. The van der Waals surface area contributed by atoms with Crippen molar-refractivity contribution in [3.63, 3.8) is 0 Å². The number of nitrogens with two attached hydrogens (primary N) is 1. The molecule has 1 aromatic heterocycles. The van der Waals surface area contributed by atoms with E-state index in [1.165, 1.54) is 12.1 Å². The number of nitrogens with zero attached hydrogens (tertiary/aromatic N) is 2. The van der Waals surface area contributed by atoms with Crippen molar-refractivity contribution in [2.75, 3.05) is 5.73 Å². The lowest BCUT2D eigenvalue weighted by molar-refractivity contribution is 0.513. The number of nitrogen functional groups attached to an aromatic ring is 1. The molecule has 1 aromatic carbocycles. The minimum absolute atomic E-state index is 0.372. The van der Waals surface area contributed by atoms with Crippen LogP contribution in [0, 0.1) is 17.6 Å². The molecule has 0 aliphatic heterocycles. The predicted octanol–water partition coefficient (Wildman–Crippen LogP) is 3.63. The molecule has 0 radical (unpaired) electrons. The second-order valence-corrected chi connectivity index (χ2v) is 5.28. The predicted molar refractivity (Wildman–Crippen MR) is 76.2 cm³/mol. The fourth-order valence-corrected chi connectivity index (χ4v) is 2.26. The van der Waals surface area contributed by atoms with E-state index in [2.05, 4.69) is 18.8 Å². The van der Waals surface area contributed by atoms with Gasteiger partial charge in [0.25, 0.3) is 0 Å². The number of imidazole rings is 1. The van der Waals surface area contributed by atoms with Crippen molar-refractivity contribution in [3.8, 4) is 11.3 Å². The fourth-order valence-electron chi connectivity index (χ4n) is 2.26. The molecule has 0 aliphatic carbocycles. The monoisotopic (exact) mass is 279 g/mol. The van der Waals surface area contributed by atoms with Crippen LogP contribution in [0.25, 0.3) is 11.3 Å². The van der Waals surface area contributed by atoms with Crippen LogP contribution >= 0.6 is 0 Å². The first-order valence-electron chi connectivity index (χ1n) is 6.73. The minimum atomic E-state index is -0.629. The van der Waals surface area contributed by atoms with Crippen LogP contribution in [0.15, 0.2) is 18.2 Å². The van der Waals surface area contributed by atoms with Gasteiger partial charge in [0, 0.05) is 24.6 Å². The van der Waals surface area contributed by atoms with Gasteiger partial charge in [-0.3, -0.25) is 0 Å². The van der Waals surface area contributed by atoms with E-state index in [9.17, 15) is 8.78 Å². The Morgan fingerprint density at radius 3 is 2.30 bits per heavy atom. The number of anilines is 1. The normalized spacial score (nSPS) is 11.3. The Balaban J connectivity index is 2.54. The number of halogens is 2. The van der Waals surface area contributed by atoms with Crippen molar-refractivity contribution in [1.82, 2.24) is 9.55 Å². The number of aryl methyl sites for hydroxylation is 1. The zero-order valence-electron chi connectivity index (χ0n) is 12.0. The summed E-state index contributed by atoms with van der Waals surface area (Å²) < 4.78 is 28.6. The largest absolute Gasteiger partial charge is 0.383 e. The molecule has 2 N–H and O–H groups in total. The molecule has 108 valence electrons. The van der Waals surface area contributed by atoms with Crippen molar-refractivity contribution in [3.05, 3.63) is 35.7 Å². The van der Waals surface area contributed by atoms with Gasteiger partial charge in [-0.2, -0.15) is 0 Å². The van der Waals surface area contributed by atoms with Gasteiger partial charge in [-0.25, -0.2) is 13.8 Å². The quantitative estimate of drug-likeness (QED) is 0.928. The van der Waals surface area contributed by atoms with Gasteiger partial charge in [-0.1, -0.05) is 20.8 Å². The van der Waals surface area contributed by atoms with E-state index in [1.54, 1.807) is 0 Å². The summed E-state index contributed by atoms with van der Waals surface area (Å²) in [6.07, 6.45) is 0.717. The second kappa shape index (κ2) is 5.61. The topological polar surface area (TPSA) is 43.8 Å². The van der Waals surface area contributed by atoms with Crippen LogP contribution in [0.2, 0.25) is 0 Å². The smallest absolute Gasteiger partial charge is 0.131 e. The molecule has 1 heterocycles. The molecule has 3 nitrogen and oxygen atoms in total. The van der Waals surface area contributed by atoms with Crippen LogP contribution in [0.5, 0.6) is 0 Å². The van der Waals surface area contributed by atoms with E-state index in [4.69, 9.17) is 5.73 Å². The molecule has 0 fully saturated rings. The van der Waals surface area contributed by atoms with Gasteiger partial charge in [-0.15, -0.1) is 0 Å². The Labute approximate surface area is 117 Å². The van der Waals surface area contributed by atoms with Gasteiger partial charge in [0.1, 0.15) is 29.0 Å². The van der Waals surface area contributed by atoms with E-state index in [-0.39, 0.29) is 0 Å². The average molecular weight is 279 g/mol. The molecule has 0 atom stereocenters. The maximum atomic E-state index is 13.3. The van der Waals surface area contributed by atoms with E-state index in [0.717, 1.165) is 18.4 Å². The molecule has 0 amide bonds. The highest BCUT2D eigenvalue weighted by Crippen LogP contribution is 2.28. The summed E-state index contributed by atoms with van der Waals surface area (Å²) in [5, 5.41) is 0. The van der Waals surface area contributed by atoms with Gasteiger partial charge in [0.2, 0.25) is 0 Å². The van der Waals surface area contributed by atoms with Crippen molar-refractivity contribution in [1.29, 1.82) is 0 Å². The minimum Gasteiger partial charge on any atom is -0.383 e. The molecule has 0 spiro atoms. The summed E-state index contributed by atoms with van der Waals surface area (Å²) in [6, 6.07) is 3.34. The lowest BCUT2D eigenvalue weighted by Gasteiger charge is -2.11. The second-order valence-electron chi connectivity index (χ2n) is 5.28. The Morgan fingerprint density at radius 2 is 1.80 bits per heavy atom. The molecule has 5 heteroatoms. The molecule has 20 heavy (non-hydrogen) atoms. The van der Waals surface area contributed by atoms with Crippen molar-refractivity contribution < 1.29 is 8.78 Å². The molecule has 0 bridgehead atoms. The highest BCUT2D eigenvalue weighted by atomic mass is 19.1. The molecular weight excluding hydrogens is 260 g/mol. The van der Waals surface area contributed by atoms with Crippen molar-refractivity contribution in [2.45, 2.75) is 33.7 Å². The third kappa shape index (κ3) is 2.81. The lowest BCUT2D eigenvalue weighted by atomic mass is 10.1. The van der Waals surface area contributed by atoms with Gasteiger partial charge >= 0.3 is 0 Å². The van der Waals surface area contributed by atoms with Crippen LogP contribution in [-0.4, -0.2) is 9.55 Å². The zero-order chi connectivity index (χ0) is 14.9. The standard InChI is InChI=1S/C15H19F2N3/c1-4-13-19-14(15(18)20(13)8-9(2)3)10-5-11(16)7-12(17)6-10/h5-7,9H,4,8,18H2,1-3H3. The van der Waals surface area contributed by atoms with Crippen LogP contribution in [-0.2, 0) is 13.0 Å². The lowest BCUT2D eigenvalue weighted by Crippen LogP contribution is -2.11. The van der Waals surface area contributed by atoms with Gasteiger partial charge < -0.3 is 10.3 Å². The average Bonchev–Trinajstić information content (AvgIpc) is 2.65. The Hall–Kier alpha value is -1.91. The summed E-state index contributed by atoms with van der Waals surface area (Å²) in [5.41, 5.74) is 6.93. The van der Waals surface area contributed by atoms with Crippen LogP contribution in [0.3, 0.4) is 0 Å². The summed E-state index contributed by atoms with van der Waals surface area (Å²) in [4.78, 5) is 4.44. The third-order valence-electron chi connectivity index (χ3n) is 3.09. The number of rotatable bonds is 4.